The van der Waals surface area contributed by atoms with Crippen molar-refractivity contribution in [3.05, 3.63) is 51.7 Å². The van der Waals surface area contributed by atoms with Crippen LogP contribution in [0.5, 0.6) is 5.75 Å². The lowest BCUT2D eigenvalue weighted by atomic mass is 10.1. The number of para-hydroxylation sites is 1. The fraction of sp³-hybridized carbons (Fsp3) is 0.333. The predicted octanol–water partition coefficient (Wildman–Crippen LogP) is 3.92. The van der Waals surface area contributed by atoms with E-state index >= 15 is 0 Å². The SMILES string of the molecule is COc1ccccc1[C@H](C)NCc1sccc1C. The molecule has 2 nitrogen and oxygen atoms in total. The number of benzene rings is 1. The molecule has 0 saturated heterocycles. The van der Waals surface area contributed by atoms with E-state index in [0.29, 0.717) is 0 Å². The van der Waals surface area contributed by atoms with Crippen LogP contribution in [0, 0.1) is 6.92 Å². The van der Waals surface area contributed by atoms with Gasteiger partial charge in [-0.05, 0) is 36.9 Å². The van der Waals surface area contributed by atoms with Gasteiger partial charge in [0.2, 0.25) is 0 Å². The zero-order valence-electron chi connectivity index (χ0n) is 11.1. The van der Waals surface area contributed by atoms with Gasteiger partial charge < -0.3 is 10.1 Å². The Morgan fingerprint density at radius 2 is 2.06 bits per heavy atom. The summed E-state index contributed by atoms with van der Waals surface area (Å²) in [5.74, 6) is 0.945. The van der Waals surface area contributed by atoms with Crippen molar-refractivity contribution >= 4 is 11.3 Å². The highest BCUT2D eigenvalue weighted by Crippen LogP contribution is 2.25. The van der Waals surface area contributed by atoms with E-state index in [1.165, 1.54) is 16.0 Å². The molecule has 0 amide bonds. The van der Waals surface area contributed by atoms with E-state index in [0.717, 1.165) is 12.3 Å². The molecule has 3 heteroatoms. The van der Waals surface area contributed by atoms with E-state index < -0.39 is 0 Å². The van der Waals surface area contributed by atoms with Gasteiger partial charge in [-0.1, -0.05) is 18.2 Å². The van der Waals surface area contributed by atoms with Crippen molar-refractivity contribution in [2.45, 2.75) is 26.4 Å². The van der Waals surface area contributed by atoms with Gasteiger partial charge in [0.05, 0.1) is 7.11 Å². The Bertz CT molecular complexity index is 507. The van der Waals surface area contributed by atoms with E-state index in [4.69, 9.17) is 4.74 Å². The zero-order valence-corrected chi connectivity index (χ0v) is 11.9. The molecule has 18 heavy (non-hydrogen) atoms. The summed E-state index contributed by atoms with van der Waals surface area (Å²) in [5, 5.41) is 5.69. The molecule has 0 fully saturated rings. The molecule has 2 rings (SSSR count). The van der Waals surface area contributed by atoms with Crippen molar-refractivity contribution in [3.8, 4) is 5.75 Å². The molecule has 0 aliphatic heterocycles. The third kappa shape index (κ3) is 2.92. The summed E-state index contributed by atoms with van der Waals surface area (Å²) < 4.78 is 5.39. The normalized spacial score (nSPS) is 12.4. The van der Waals surface area contributed by atoms with Gasteiger partial charge in [0, 0.05) is 23.0 Å². The Kier molecular flexibility index (Phi) is 4.39. The highest BCUT2D eigenvalue weighted by atomic mass is 32.1. The number of nitrogens with one attached hydrogen (secondary N) is 1. The summed E-state index contributed by atoms with van der Waals surface area (Å²) in [7, 11) is 1.72. The van der Waals surface area contributed by atoms with Gasteiger partial charge in [0.1, 0.15) is 5.75 Å². The second-order valence-electron chi connectivity index (χ2n) is 4.37. The second kappa shape index (κ2) is 6.03. The van der Waals surface area contributed by atoms with Gasteiger partial charge >= 0.3 is 0 Å². The van der Waals surface area contributed by atoms with Crippen LogP contribution in [0.3, 0.4) is 0 Å². The molecule has 1 aromatic carbocycles. The van der Waals surface area contributed by atoms with Crippen LogP contribution in [0.25, 0.3) is 0 Å². The third-order valence-electron chi connectivity index (χ3n) is 3.14. The maximum absolute atomic E-state index is 5.39. The third-order valence-corrected chi connectivity index (χ3v) is 4.17. The molecule has 0 aliphatic rings. The number of rotatable bonds is 5. The van der Waals surface area contributed by atoms with Crippen molar-refractivity contribution in [2.75, 3.05) is 7.11 Å². The predicted molar refractivity (Wildman–Crippen MR) is 77.3 cm³/mol. The van der Waals surface area contributed by atoms with Gasteiger partial charge in [0.25, 0.3) is 0 Å². The van der Waals surface area contributed by atoms with Crippen LogP contribution >= 0.6 is 11.3 Å². The van der Waals surface area contributed by atoms with E-state index in [-0.39, 0.29) is 6.04 Å². The van der Waals surface area contributed by atoms with Crippen molar-refractivity contribution in [1.82, 2.24) is 5.32 Å². The second-order valence-corrected chi connectivity index (χ2v) is 5.37. The van der Waals surface area contributed by atoms with Crippen molar-refractivity contribution in [1.29, 1.82) is 0 Å². The van der Waals surface area contributed by atoms with Gasteiger partial charge in [-0.25, -0.2) is 0 Å². The lowest BCUT2D eigenvalue weighted by Gasteiger charge is -2.17. The fourth-order valence-corrected chi connectivity index (χ4v) is 2.82. The van der Waals surface area contributed by atoms with Crippen LogP contribution in [0.15, 0.2) is 35.7 Å². The molecule has 0 radical (unpaired) electrons. The van der Waals surface area contributed by atoms with Crippen LogP contribution in [-0.4, -0.2) is 7.11 Å². The lowest BCUT2D eigenvalue weighted by molar-refractivity contribution is 0.401. The number of hydrogen-bond donors (Lipinski definition) is 1. The van der Waals surface area contributed by atoms with Crippen LogP contribution in [0.2, 0.25) is 0 Å². The van der Waals surface area contributed by atoms with Crippen LogP contribution < -0.4 is 10.1 Å². The van der Waals surface area contributed by atoms with E-state index in [2.05, 4.69) is 36.7 Å². The van der Waals surface area contributed by atoms with Crippen molar-refractivity contribution in [2.24, 2.45) is 0 Å². The molecule has 1 heterocycles. The van der Waals surface area contributed by atoms with Gasteiger partial charge in [0.15, 0.2) is 0 Å². The summed E-state index contributed by atoms with van der Waals surface area (Å²) in [6.45, 7) is 5.23. The lowest BCUT2D eigenvalue weighted by Crippen LogP contribution is -2.18. The number of aryl methyl sites for hydroxylation is 1. The molecular weight excluding hydrogens is 242 g/mol. The van der Waals surface area contributed by atoms with Crippen LogP contribution in [0.1, 0.15) is 29.0 Å². The van der Waals surface area contributed by atoms with Gasteiger partial charge in [-0.15, -0.1) is 11.3 Å². The molecule has 1 N–H and O–H groups in total. The maximum atomic E-state index is 5.39. The molecule has 1 aromatic heterocycles. The number of ether oxygens (including phenoxy) is 1. The number of methoxy groups -OCH3 is 1. The summed E-state index contributed by atoms with van der Waals surface area (Å²) >= 11 is 1.80. The summed E-state index contributed by atoms with van der Waals surface area (Å²) in [6, 6.07) is 10.6. The van der Waals surface area contributed by atoms with Crippen LogP contribution in [-0.2, 0) is 6.54 Å². The molecule has 0 bridgehead atoms. The molecule has 0 spiro atoms. The first-order valence-electron chi connectivity index (χ1n) is 6.11. The quantitative estimate of drug-likeness (QED) is 0.881. The summed E-state index contributed by atoms with van der Waals surface area (Å²) in [4.78, 5) is 1.40. The molecule has 2 aromatic rings. The van der Waals surface area contributed by atoms with Gasteiger partial charge in [-0.2, -0.15) is 0 Å². The smallest absolute Gasteiger partial charge is 0.123 e. The largest absolute Gasteiger partial charge is 0.496 e. The highest BCUT2D eigenvalue weighted by molar-refractivity contribution is 7.10. The zero-order chi connectivity index (χ0) is 13.0. The first-order chi connectivity index (χ1) is 8.72. The topological polar surface area (TPSA) is 21.3 Å². The Hall–Kier alpha value is -1.32. The first kappa shape index (κ1) is 13.1. The highest BCUT2D eigenvalue weighted by Gasteiger charge is 2.10. The fourth-order valence-electron chi connectivity index (χ4n) is 1.97. The Morgan fingerprint density at radius 3 is 2.72 bits per heavy atom. The average molecular weight is 261 g/mol. The molecule has 0 unspecified atom stereocenters. The van der Waals surface area contributed by atoms with Gasteiger partial charge in [-0.3, -0.25) is 0 Å². The average Bonchev–Trinajstić information content (AvgIpc) is 2.81. The Balaban J connectivity index is 2.03. The molecule has 0 saturated carbocycles. The standard InChI is InChI=1S/C15H19NOS/c1-11-8-9-18-15(11)10-16-12(2)13-6-4-5-7-14(13)17-3/h4-9,12,16H,10H2,1-3H3/t12-/m0/s1. The summed E-state index contributed by atoms with van der Waals surface area (Å²) in [6.07, 6.45) is 0. The number of thiophene rings is 1. The minimum absolute atomic E-state index is 0.280. The minimum atomic E-state index is 0.280. The Morgan fingerprint density at radius 1 is 1.28 bits per heavy atom. The monoisotopic (exact) mass is 261 g/mol. The summed E-state index contributed by atoms with van der Waals surface area (Å²) in [5.41, 5.74) is 2.56. The molecule has 1 atom stereocenters. The first-order valence-corrected chi connectivity index (χ1v) is 6.99. The van der Waals surface area contributed by atoms with E-state index in [1.54, 1.807) is 18.4 Å². The van der Waals surface area contributed by atoms with E-state index in [9.17, 15) is 0 Å². The van der Waals surface area contributed by atoms with E-state index in [1.807, 2.05) is 18.2 Å². The molecule has 0 aliphatic carbocycles. The van der Waals surface area contributed by atoms with Crippen LogP contribution in [0.4, 0.5) is 0 Å². The Labute approximate surface area is 113 Å². The van der Waals surface area contributed by atoms with Crippen molar-refractivity contribution in [3.63, 3.8) is 0 Å². The molecular formula is C15H19NOS. The molecule has 96 valence electrons. The maximum Gasteiger partial charge on any atom is 0.123 e. The minimum Gasteiger partial charge on any atom is -0.496 e. The van der Waals surface area contributed by atoms with Crippen molar-refractivity contribution < 1.29 is 4.74 Å². The number of hydrogen-bond acceptors (Lipinski definition) is 3.